The zero-order chi connectivity index (χ0) is 26.7. The predicted octanol–water partition coefficient (Wildman–Crippen LogP) is 5.59. The fourth-order valence-corrected chi connectivity index (χ4v) is 5.63. The van der Waals surface area contributed by atoms with E-state index in [9.17, 15) is 22.8 Å². The smallest absolute Gasteiger partial charge is 0.359 e. The minimum Gasteiger partial charge on any atom is -0.359 e. The number of hydrogen-bond acceptors (Lipinski definition) is 4. The predicted molar refractivity (Wildman–Crippen MR) is 139 cm³/mol. The van der Waals surface area contributed by atoms with Crippen LogP contribution in [-0.2, 0) is 24.1 Å². The summed E-state index contributed by atoms with van der Waals surface area (Å²) in [6, 6.07) is 7.20. The quantitative estimate of drug-likeness (QED) is 0.499. The third-order valence-electron chi connectivity index (χ3n) is 7.62. The van der Waals surface area contributed by atoms with Crippen LogP contribution < -0.4 is 10.6 Å². The van der Waals surface area contributed by atoms with Gasteiger partial charge in [0.2, 0.25) is 5.91 Å². The number of nitrogens with one attached hydrogen (secondary N) is 2. The van der Waals surface area contributed by atoms with E-state index in [-0.39, 0.29) is 32.5 Å². The Kier molecular flexibility index (Phi) is 8.21. The molecule has 0 bridgehead atoms. The molecule has 2 N–H and O–H groups in total. The van der Waals surface area contributed by atoms with Crippen molar-refractivity contribution in [3.8, 4) is 0 Å². The van der Waals surface area contributed by atoms with Gasteiger partial charge in [0.25, 0.3) is 5.91 Å². The lowest BCUT2D eigenvalue weighted by molar-refractivity contribution is -0.137. The van der Waals surface area contributed by atoms with Gasteiger partial charge in [0.05, 0.1) is 22.9 Å². The minimum atomic E-state index is -4.35. The van der Waals surface area contributed by atoms with Crippen LogP contribution in [0.25, 0.3) is 0 Å². The average molecular weight is 521 g/mol. The molecule has 2 amide bonds. The van der Waals surface area contributed by atoms with Gasteiger partial charge in [-0.2, -0.15) is 13.2 Å². The molecule has 2 aliphatic rings. The van der Waals surface area contributed by atoms with E-state index in [1.807, 2.05) is 6.07 Å². The van der Waals surface area contributed by atoms with Crippen molar-refractivity contribution in [2.75, 3.05) is 13.6 Å². The van der Waals surface area contributed by atoms with Crippen LogP contribution >= 0.6 is 0 Å². The van der Waals surface area contributed by atoms with Crippen molar-refractivity contribution in [2.45, 2.75) is 64.8 Å². The fraction of sp³-hybridized carbons (Fsp3) is 0.536. The first kappa shape index (κ1) is 27.1. The van der Waals surface area contributed by atoms with Crippen molar-refractivity contribution in [3.63, 3.8) is 0 Å². The molecule has 9 heteroatoms. The van der Waals surface area contributed by atoms with Crippen LogP contribution in [0, 0.1) is 17.8 Å². The Morgan fingerprint density at radius 1 is 1.14 bits per heavy atom. The van der Waals surface area contributed by atoms with Crippen molar-refractivity contribution >= 4 is 11.8 Å². The van der Waals surface area contributed by atoms with Crippen LogP contribution in [0.1, 0.15) is 81.2 Å². The van der Waals surface area contributed by atoms with Crippen LogP contribution in [0.15, 0.2) is 36.5 Å². The van der Waals surface area contributed by atoms with Crippen molar-refractivity contribution in [2.24, 2.45) is 17.8 Å². The van der Waals surface area contributed by atoms with E-state index in [0.29, 0.717) is 31.1 Å². The van der Waals surface area contributed by atoms with Gasteiger partial charge in [0.15, 0.2) is 0 Å². The zero-order valence-electron chi connectivity index (χ0n) is 21.6. The van der Waals surface area contributed by atoms with Gasteiger partial charge in [-0.15, -0.1) is 0 Å². The first-order valence-corrected chi connectivity index (χ1v) is 13.0. The Morgan fingerprint density at radius 3 is 2.41 bits per heavy atom. The van der Waals surface area contributed by atoms with E-state index in [1.54, 1.807) is 13.2 Å². The van der Waals surface area contributed by atoms with E-state index < -0.39 is 11.7 Å². The fourth-order valence-electron chi connectivity index (χ4n) is 5.63. The summed E-state index contributed by atoms with van der Waals surface area (Å²) in [4.78, 5) is 31.6. The number of benzene rings is 1. The highest BCUT2D eigenvalue weighted by Gasteiger charge is 2.35. The molecule has 6 nitrogen and oxygen atoms in total. The van der Waals surface area contributed by atoms with E-state index in [0.717, 1.165) is 54.6 Å². The maximum Gasteiger partial charge on any atom is 0.416 e. The molecule has 1 aromatic carbocycles. The van der Waals surface area contributed by atoms with E-state index in [1.165, 1.54) is 12.1 Å². The van der Waals surface area contributed by atoms with E-state index >= 15 is 0 Å². The second-order valence-electron chi connectivity index (χ2n) is 10.6. The number of halogens is 3. The Bertz CT molecular complexity index is 1120. The summed E-state index contributed by atoms with van der Waals surface area (Å²) in [5, 5.41) is 5.75. The number of carbonyl (C=O) groups excluding carboxylic acids is 2. The molecule has 1 fully saturated rings. The summed E-state index contributed by atoms with van der Waals surface area (Å²) in [6.07, 6.45) is 0.770. The summed E-state index contributed by atoms with van der Waals surface area (Å²) in [5.74, 6) is 0.603. The molecule has 1 atom stereocenters. The lowest BCUT2D eigenvalue weighted by Gasteiger charge is -2.27. The van der Waals surface area contributed by atoms with Gasteiger partial charge in [0.1, 0.15) is 0 Å². The zero-order valence-corrected chi connectivity index (χ0v) is 21.6. The maximum atomic E-state index is 12.9. The first-order valence-electron chi connectivity index (χ1n) is 13.0. The second-order valence-corrected chi connectivity index (χ2v) is 10.6. The molecule has 4 rings (SSSR count). The largest absolute Gasteiger partial charge is 0.416 e. The van der Waals surface area contributed by atoms with Crippen molar-refractivity contribution in [3.05, 3.63) is 64.5 Å². The Balaban J connectivity index is 0.00000267. The number of hydrogen-bond donors (Lipinski definition) is 2. The lowest BCUT2D eigenvalue weighted by Crippen LogP contribution is -2.35. The molecule has 0 spiro atoms. The summed E-state index contributed by atoms with van der Waals surface area (Å²) in [6.45, 7) is 5.85. The normalized spacial score (nSPS) is 22.1. The molecular formula is C28H39F3N4O2. The standard InChI is InChI=1S/C28H35F3N4O2.2H2/c1-17(2)25-24-22(16-35(25)15-19-6-10-23(11-7-19)28(29,30)31)12-21(14-33-24)27(37)34-13-18-4-8-20(9-5-18)26(36)32-3;;/h6-7,10-12,14,17-18,20,25H,4-5,8-9,13,15-16H2,1-3H3,(H,32,36)(H,34,37);2*1H/t18?,20?,25-;;/m0../s1. The first-order chi connectivity index (χ1) is 17.6. The molecule has 2 heterocycles. The van der Waals surface area contributed by atoms with Crippen LogP contribution in [0.4, 0.5) is 13.2 Å². The number of fused-ring (bicyclic) bond motifs is 1. The molecular weight excluding hydrogens is 481 g/mol. The number of pyridine rings is 1. The van der Waals surface area contributed by atoms with Crippen molar-refractivity contribution in [1.82, 2.24) is 20.5 Å². The van der Waals surface area contributed by atoms with Gasteiger partial charge in [-0.3, -0.25) is 19.5 Å². The molecule has 1 aliphatic heterocycles. The van der Waals surface area contributed by atoms with Gasteiger partial charge in [0, 0.05) is 41.6 Å². The number of carbonyl (C=O) groups is 2. The highest BCUT2D eigenvalue weighted by atomic mass is 19.4. The third kappa shape index (κ3) is 6.32. The van der Waals surface area contributed by atoms with Gasteiger partial charge >= 0.3 is 6.18 Å². The molecule has 2 aromatic rings. The SMILES string of the molecule is CNC(=O)C1CCC(CNC(=O)c2cnc3c(c2)CN(Cc2ccc(C(F)(F)F)cc2)[C@H]3C(C)C)CC1.[HH].[HH]. The summed E-state index contributed by atoms with van der Waals surface area (Å²) < 4.78 is 38.8. The number of amides is 2. The number of rotatable bonds is 7. The summed E-state index contributed by atoms with van der Waals surface area (Å²) >= 11 is 0. The Hall–Kier alpha value is -2.94. The number of nitrogens with zero attached hydrogens (tertiary/aromatic N) is 2. The number of alkyl halides is 3. The molecule has 0 radical (unpaired) electrons. The molecule has 1 aromatic heterocycles. The lowest BCUT2D eigenvalue weighted by atomic mass is 9.81. The Labute approximate surface area is 219 Å². The van der Waals surface area contributed by atoms with Crippen LogP contribution in [0.2, 0.25) is 0 Å². The van der Waals surface area contributed by atoms with Crippen LogP contribution in [0.3, 0.4) is 0 Å². The van der Waals surface area contributed by atoms with E-state index in [2.05, 4.69) is 34.4 Å². The van der Waals surface area contributed by atoms with Crippen LogP contribution in [-0.4, -0.2) is 35.3 Å². The third-order valence-corrected chi connectivity index (χ3v) is 7.62. The van der Waals surface area contributed by atoms with E-state index in [4.69, 9.17) is 0 Å². The van der Waals surface area contributed by atoms with Crippen molar-refractivity contribution < 1.29 is 25.6 Å². The van der Waals surface area contributed by atoms with Gasteiger partial charge in [-0.1, -0.05) is 26.0 Å². The van der Waals surface area contributed by atoms with Crippen molar-refractivity contribution in [1.29, 1.82) is 0 Å². The summed E-state index contributed by atoms with van der Waals surface area (Å²) in [7, 11) is 1.66. The molecule has 1 aliphatic carbocycles. The molecule has 204 valence electrons. The second kappa shape index (κ2) is 11.2. The van der Waals surface area contributed by atoms with Gasteiger partial charge in [-0.25, -0.2) is 0 Å². The maximum absolute atomic E-state index is 12.9. The minimum absolute atomic E-state index is 0. The highest BCUT2D eigenvalue weighted by molar-refractivity contribution is 5.94. The number of aromatic nitrogens is 1. The van der Waals surface area contributed by atoms with Gasteiger partial charge in [-0.05, 0) is 66.8 Å². The molecule has 0 saturated heterocycles. The highest BCUT2D eigenvalue weighted by Crippen LogP contribution is 2.39. The van der Waals surface area contributed by atoms with Gasteiger partial charge < -0.3 is 10.6 Å². The topological polar surface area (TPSA) is 74.3 Å². The average Bonchev–Trinajstić information content (AvgIpc) is 3.24. The summed E-state index contributed by atoms with van der Waals surface area (Å²) in [5.41, 5.74) is 2.56. The molecule has 0 unspecified atom stereocenters. The van der Waals surface area contributed by atoms with Crippen LogP contribution in [0.5, 0.6) is 0 Å². The molecule has 37 heavy (non-hydrogen) atoms. The molecule has 1 saturated carbocycles. The Morgan fingerprint density at radius 2 is 1.81 bits per heavy atom. The monoisotopic (exact) mass is 520 g/mol.